The normalized spacial score (nSPS) is 13.5. The molecule has 1 aromatic rings. The van der Waals surface area contributed by atoms with E-state index in [-0.39, 0.29) is 0 Å². The highest BCUT2D eigenvalue weighted by Crippen LogP contribution is 2.67. The Hall–Kier alpha value is -1.26. The summed E-state index contributed by atoms with van der Waals surface area (Å²) in [5.74, 6) is 0. The molecule has 1 rings (SSSR count). The zero-order valence-corrected chi connectivity index (χ0v) is 17.0. The molecule has 0 aliphatic rings. The van der Waals surface area contributed by atoms with Crippen LogP contribution in [0.5, 0.6) is 0 Å². The van der Waals surface area contributed by atoms with Crippen LogP contribution in [-0.4, -0.2) is 52.6 Å². The quantitative estimate of drug-likeness (QED) is 0.183. The molecule has 0 fully saturated rings. The molecule has 0 bridgehead atoms. The highest BCUT2D eigenvalue weighted by molar-refractivity contribution is 7.72. The van der Waals surface area contributed by atoms with Crippen molar-refractivity contribution in [3.8, 4) is 0 Å². The van der Waals surface area contributed by atoms with Crippen LogP contribution in [0.1, 0.15) is 27.2 Å². The minimum absolute atomic E-state index is 0.308. The number of nitrogens with zero attached hydrogens (tertiary/aromatic N) is 2. The van der Waals surface area contributed by atoms with Crippen molar-refractivity contribution in [3.05, 3.63) is 18.7 Å². The molecule has 1 aromatic heterocycles. The fraction of sp³-hybridized carbons (Fsp3) is 0.692. The van der Waals surface area contributed by atoms with Crippen molar-refractivity contribution in [1.82, 2.24) is 9.88 Å². The van der Waals surface area contributed by atoms with Gasteiger partial charge in [-0.1, -0.05) is 0 Å². The Morgan fingerprint density at radius 3 is 2.22 bits per heavy atom. The second-order valence-corrected chi connectivity index (χ2v) is 11.0. The molecule has 0 aliphatic carbocycles. The van der Waals surface area contributed by atoms with E-state index in [1.165, 1.54) is 18.7 Å². The first-order chi connectivity index (χ1) is 12.1. The number of amides is 1. The van der Waals surface area contributed by atoms with Crippen LogP contribution < -0.4 is 9.88 Å². The third-order valence-corrected chi connectivity index (χ3v) is 7.05. The van der Waals surface area contributed by atoms with Crippen LogP contribution in [0, 0.1) is 0 Å². The number of aromatic nitrogens is 2. The van der Waals surface area contributed by atoms with E-state index in [2.05, 4.69) is 5.32 Å². The first kappa shape index (κ1) is 23.8. The summed E-state index contributed by atoms with van der Waals surface area (Å²) in [6.07, 6.45) is 4.06. The van der Waals surface area contributed by atoms with Crippen LogP contribution in [0.15, 0.2) is 18.7 Å². The number of aliphatic hydroxyl groups is 1. The number of imidazole rings is 1. The second-order valence-electron chi connectivity index (χ2n) is 6.97. The fourth-order valence-electron chi connectivity index (χ4n) is 2.03. The summed E-state index contributed by atoms with van der Waals surface area (Å²) in [5.41, 5.74) is -0.607. The lowest BCUT2D eigenvalue weighted by Gasteiger charge is -2.27. The van der Waals surface area contributed by atoms with Gasteiger partial charge in [0.25, 0.3) is 0 Å². The summed E-state index contributed by atoms with van der Waals surface area (Å²) in [7, 11) is -11.0. The standard InChI is InChI=1S/C13H25N3O9P2/c1-12(2,3)25-11(17)14-5-4-6-15-7-8-16(10-15)9-13(18,26(19,20)21)27(22,23)24/h7-8,10,18H,4-6,9H2,1-3H3,(H4-,14,17,19,20,21,22,23,24)/p+1. The summed E-state index contributed by atoms with van der Waals surface area (Å²) in [6.45, 7) is 4.92. The molecule has 14 heteroatoms. The molecule has 0 unspecified atom stereocenters. The van der Waals surface area contributed by atoms with E-state index >= 15 is 0 Å². The second kappa shape index (κ2) is 8.40. The summed E-state index contributed by atoms with van der Waals surface area (Å²) >= 11 is 0. The maximum Gasteiger partial charge on any atom is 0.407 e. The molecule has 1 amide bonds. The Kier molecular flexibility index (Phi) is 7.40. The molecule has 1 heterocycles. The molecule has 27 heavy (non-hydrogen) atoms. The van der Waals surface area contributed by atoms with Gasteiger partial charge in [-0.15, -0.1) is 0 Å². The van der Waals surface area contributed by atoms with Crippen molar-refractivity contribution in [2.75, 3.05) is 6.54 Å². The average Bonchev–Trinajstić information content (AvgIpc) is 2.86. The average molecular weight is 430 g/mol. The Balaban J connectivity index is 2.62. The van der Waals surface area contributed by atoms with E-state index in [1.807, 2.05) is 0 Å². The minimum atomic E-state index is -5.52. The van der Waals surface area contributed by atoms with Crippen molar-refractivity contribution in [2.45, 2.75) is 51.0 Å². The molecule has 12 nitrogen and oxygen atoms in total. The van der Waals surface area contributed by atoms with Crippen molar-refractivity contribution in [1.29, 1.82) is 0 Å². The van der Waals surface area contributed by atoms with Crippen molar-refractivity contribution in [2.24, 2.45) is 0 Å². The van der Waals surface area contributed by atoms with Gasteiger partial charge in [-0.2, -0.15) is 0 Å². The number of hydrogen-bond acceptors (Lipinski definition) is 5. The third-order valence-electron chi connectivity index (χ3n) is 3.34. The Morgan fingerprint density at radius 2 is 1.74 bits per heavy atom. The lowest BCUT2D eigenvalue weighted by molar-refractivity contribution is -0.703. The highest BCUT2D eigenvalue weighted by Gasteiger charge is 2.61. The number of rotatable bonds is 8. The maximum absolute atomic E-state index is 11.5. The van der Waals surface area contributed by atoms with Gasteiger partial charge in [-0.3, -0.25) is 9.13 Å². The first-order valence-corrected chi connectivity index (χ1v) is 11.1. The predicted molar refractivity (Wildman–Crippen MR) is 92.5 cm³/mol. The molecule has 156 valence electrons. The predicted octanol–water partition coefficient (Wildman–Crippen LogP) is -0.308. The number of hydrogen-bond donors (Lipinski definition) is 6. The largest absolute Gasteiger partial charge is 0.444 e. The Bertz CT molecular complexity index is 724. The Labute approximate surface area is 156 Å². The number of carbonyl (C=O) groups excluding carboxylic acids is 1. The maximum atomic E-state index is 11.5. The van der Waals surface area contributed by atoms with Crippen molar-refractivity contribution in [3.63, 3.8) is 0 Å². The van der Waals surface area contributed by atoms with Crippen molar-refractivity contribution >= 4 is 21.3 Å². The monoisotopic (exact) mass is 430 g/mol. The summed E-state index contributed by atoms with van der Waals surface area (Å²) in [5, 5.41) is 8.95. The third kappa shape index (κ3) is 7.00. The van der Waals surface area contributed by atoms with Gasteiger partial charge in [0.1, 0.15) is 24.5 Å². The van der Waals surface area contributed by atoms with Crippen LogP contribution in [0.2, 0.25) is 0 Å². The molecule has 0 atom stereocenters. The van der Waals surface area contributed by atoms with E-state index < -0.39 is 38.5 Å². The zero-order valence-electron chi connectivity index (χ0n) is 15.2. The molecule has 0 aliphatic heterocycles. The van der Waals surface area contributed by atoms with Crippen LogP contribution in [0.4, 0.5) is 4.79 Å². The molecular weight excluding hydrogens is 404 g/mol. The molecule has 0 saturated carbocycles. The molecular formula is C13H26N3O9P2+. The van der Waals surface area contributed by atoms with Gasteiger partial charge < -0.3 is 34.7 Å². The molecule has 6 N–H and O–H groups in total. The number of aryl methyl sites for hydroxylation is 1. The number of ether oxygens (including phenoxy) is 1. The summed E-state index contributed by atoms with van der Waals surface area (Å²) in [6, 6.07) is 0. The highest BCUT2D eigenvalue weighted by atomic mass is 31.2. The smallest absolute Gasteiger partial charge is 0.407 e. The van der Waals surface area contributed by atoms with Crippen LogP contribution in [0.3, 0.4) is 0 Å². The number of nitrogens with one attached hydrogen (secondary N) is 1. The summed E-state index contributed by atoms with van der Waals surface area (Å²) in [4.78, 5) is 48.1. The number of carbonyl (C=O) groups is 1. The van der Waals surface area contributed by atoms with E-state index in [1.54, 1.807) is 25.3 Å². The lowest BCUT2D eigenvalue weighted by Crippen LogP contribution is -2.46. The summed E-state index contributed by atoms with van der Waals surface area (Å²) < 4.78 is 30.4. The lowest BCUT2D eigenvalue weighted by atomic mass is 10.2. The van der Waals surface area contributed by atoms with E-state index in [0.29, 0.717) is 19.5 Å². The van der Waals surface area contributed by atoms with Gasteiger partial charge >= 0.3 is 26.4 Å². The van der Waals surface area contributed by atoms with E-state index in [0.717, 1.165) is 4.57 Å². The minimum Gasteiger partial charge on any atom is -0.444 e. The van der Waals surface area contributed by atoms with Crippen molar-refractivity contribution < 1.29 is 47.9 Å². The topological polar surface area (TPSA) is 182 Å². The van der Waals surface area contributed by atoms with Gasteiger partial charge in [0.05, 0.1) is 6.54 Å². The molecule has 0 spiro atoms. The fourth-order valence-corrected chi connectivity index (χ4v) is 4.08. The van der Waals surface area contributed by atoms with Gasteiger partial charge in [0.2, 0.25) is 6.33 Å². The number of alkyl carbamates (subject to hydrolysis) is 1. The Morgan fingerprint density at radius 1 is 1.19 bits per heavy atom. The molecule has 0 radical (unpaired) electrons. The van der Waals surface area contributed by atoms with Crippen LogP contribution in [-0.2, 0) is 27.0 Å². The van der Waals surface area contributed by atoms with E-state index in [9.17, 15) is 19.0 Å². The van der Waals surface area contributed by atoms with E-state index in [4.69, 9.17) is 24.3 Å². The van der Waals surface area contributed by atoms with Gasteiger partial charge in [-0.05, 0) is 20.8 Å². The molecule has 0 saturated heterocycles. The SMILES string of the molecule is CC(C)(C)OC(=O)NCCCn1cc[n+](CC(O)(P(=O)(O)O)P(=O)(O)O)c1. The van der Waals surface area contributed by atoms with Gasteiger partial charge in [0.15, 0.2) is 0 Å². The van der Waals surface area contributed by atoms with Crippen LogP contribution in [0.25, 0.3) is 0 Å². The van der Waals surface area contributed by atoms with Crippen LogP contribution >= 0.6 is 15.2 Å². The molecule has 0 aromatic carbocycles. The first-order valence-electron chi connectivity index (χ1n) is 7.90. The van der Waals surface area contributed by atoms with Gasteiger partial charge in [0, 0.05) is 13.0 Å². The van der Waals surface area contributed by atoms with Gasteiger partial charge in [-0.25, -0.2) is 13.9 Å². The zero-order chi connectivity index (χ0) is 21.1.